The molecule has 5 rings (SSSR count). The van der Waals surface area contributed by atoms with E-state index in [-0.39, 0.29) is 155 Å². The molecular weight excluding hydrogens is 1400 g/mol. The molecule has 3 aromatic rings. The first-order valence-electron chi connectivity index (χ1n) is 35.3. The first-order chi connectivity index (χ1) is 50.3. The molecule has 0 saturated carbocycles. The maximum absolute atomic E-state index is 14.5. The third kappa shape index (κ3) is 30.8. The van der Waals surface area contributed by atoms with Gasteiger partial charge in [0.05, 0.1) is 45.1 Å². The van der Waals surface area contributed by atoms with E-state index < -0.39 is 150 Å². The Morgan fingerprint density at radius 1 is 0.585 bits per heavy atom. The number of benzene rings is 1. The summed E-state index contributed by atoms with van der Waals surface area (Å²) in [6, 6.07) is -2.82. The smallest absolute Gasteiger partial charge is 0.317 e. The van der Waals surface area contributed by atoms with Crippen molar-refractivity contribution in [2.45, 2.75) is 134 Å². The number of rotatable bonds is 42. The van der Waals surface area contributed by atoms with Crippen LogP contribution in [0, 0.1) is 17.8 Å². The van der Waals surface area contributed by atoms with Gasteiger partial charge in [0.1, 0.15) is 48.6 Å². The number of thioether (sulfide) groups is 1. The molecule has 2 fully saturated rings. The number of likely N-dealkylation sites (tertiary alicyclic amines) is 1. The molecule has 1 aromatic carbocycles. The third-order valence-electron chi connectivity index (χ3n) is 18.0. The first kappa shape index (κ1) is 87.0. The number of aldehydes is 1. The van der Waals surface area contributed by atoms with E-state index >= 15 is 0 Å². The number of carbonyl (C=O) groups excluding carboxylic acids is 12. The lowest BCUT2D eigenvalue weighted by atomic mass is 9.94. The number of nitrogens with zero attached hydrogens (tertiary/aromatic N) is 6. The molecule has 4 heterocycles. The normalized spacial score (nSPS) is 17.1. The number of H-pyrrole nitrogens is 2. The van der Waals surface area contributed by atoms with Crippen molar-refractivity contribution in [1.82, 2.24) is 87.3 Å². The Morgan fingerprint density at radius 3 is 1.65 bits per heavy atom. The van der Waals surface area contributed by atoms with Crippen molar-refractivity contribution in [1.29, 1.82) is 0 Å². The molecule has 2 aliphatic heterocycles. The van der Waals surface area contributed by atoms with Crippen molar-refractivity contribution in [2.24, 2.45) is 29.2 Å². The number of nitrogens with two attached hydrogens (primary N) is 2. The highest BCUT2D eigenvalue weighted by Gasteiger charge is 2.36. The Bertz CT molecular complexity index is 3450. The zero-order chi connectivity index (χ0) is 78.2. The summed E-state index contributed by atoms with van der Waals surface area (Å²) >= 11 is 1.45. The predicted octanol–water partition coefficient (Wildman–Crippen LogP) is -4.72. The summed E-state index contributed by atoms with van der Waals surface area (Å²) in [4.78, 5) is 216. The number of piperidine rings is 1. The van der Waals surface area contributed by atoms with E-state index in [0.717, 1.165) is 0 Å². The Hall–Kier alpha value is -9.63. The molecule has 37 nitrogen and oxygen atoms in total. The summed E-state index contributed by atoms with van der Waals surface area (Å²) in [5, 5.41) is 53.3. The average Bonchev–Trinajstić information content (AvgIpc) is 1.66. The number of aliphatic carboxylic acids is 3. The van der Waals surface area contributed by atoms with Crippen LogP contribution in [0.4, 0.5) is 0 Å². The molecule has 11 amide bonds. The van der Waals surface area contributed by atoms with Gasteiger partial charge in [-0.3, -0.25) is 86.7 Å². The average molecular weight is 1510 g/mol. The zero-order valence-electron chi connectivity index (χ0n) is 60.9. The molecule has 586 valence electrons. The second-order valence-electron chi connectivity index (χ2n) is 27.4. The first-order valence-corrected chi connectivity index (χ1v) is 36.7. The van der Waals surface area contributed by atoms with Crippen LogP contribution in [0.2, 0.25) is 0 Å². The fourth-order valence-electron chi connectivity index (χ4n) is 12.2. The van der Waals surface area contributed by atoms with Gasteiger partial charge in [0.2, 0.25) is 65.0 Å². The van der Waals surface area contributed by atoms with Gasteiger partial charge in [0.25, 0.3) is 0 Å². The van der Waals surface area contributed by atoms with E-state index in [1.165, 1.54) is 31.2 Å². The number of carboxylic acid groups (broad SMARTS) is 3. The lowest BCUT2D eigenvalue weighted by Crippen LogP contribution is -2.59. The Balaban J connectivity index is 1.21. The molecule has 0 bridgehead atoms. The van der Waals surface area contributed by atoms with Crippen LogP contribution in [0.3, 0.4) is 0 Å². The molecule has 106 heavy (non-hydrogen) atoms. The topological polar surface area (TPSA) is 538 Å². The summed E-state index contributed by atoms with van der Waals surface area (Å²) in [7, 11) is 0. The molecule has 8 unspecified atom stereocenters. The number of hydrogen-bond donors (Lipinski definition) is 16. The van der Waals surface area contributed by atoms with E-state index in [1.54, 1.807) is 63.9 Å². The minimum atomic E-state index is -1.44. The summed E-state index contributed by atoms with van der Waals surface area (Å²) < 4.78 is 0. The van der Waals surface area contributed by atoms with Crippen LogP contribution in [-0.2, 0) is 84.8 Å². The number of carboxylic acids is 3. The van der Waals surface area contributed by atoms with Crippen LogP contribution in [-0.4, -0.2) is 309 Å². The largest absolute Gasteiger partial charge is 0.480 e. The number of primary amides is 2. The quantitative estimate of drug-likeness (QED) is 0.0237. The molecule has 0 aliphatic carbocycles. The number of fused-ring (bicyclic) bond motifs is 1. The number of nitrogens with one attached hydrogen (secondary N) is 11. The number of aromatic nitrogens is 3. The van der Waals surface area contributed by atoms with Gasteiger partial charge in [-0.15, -0.1) is 0 Å². The van der Waals surface area contributed by atoms with Crippen LogP contribution in [0.25, 0.3) is 10.9 Å². The van der Waals surface area contributed by atoms with Gasteiger partial charge in [-0.25, -0.2) is 4.98 Å². The lowest BCUT2D eigenvalue weighted by molar-refractivity contribution is -0.140. The third-order valence-corrected chi connectivity index (χ3v) is 18.6. The van der Waals surface area contributed by atoms with Crippen molar-refractivity contribution < 1.29 is 87.2 Å². The SMILES string of the molecule is CSCCC(NC(=O)C(CC(C)C)NC(=O)C(Cc1cnc[nH]1)NC(=O)CNC(=O)C(NC(=O)C(C)NC(=O)C(Cc1c[nH]c2ccccc12)NC(=O)C(CCC(N)=O)NC(=O)C1CCN(CC(C=O)NC(=O)CN2CCN(CC(=O)O)CCN(CC(=O)O)CCN(CC(=O)O)CC2)CC1)C(C)C)C(N)=O. The number of aromatic amines is 2. The minimum absolute atomic E-state index is 0.0561. The van der Waals surface area contributed by atoms with Gasteiger partial charge in [-0.05, 0) is 87.6 Å². The van der Waals surface area contributed by atoms with Gasteiger partial charge in [-0.2, -0.15) is 11.8 Å². The van der Waals surface area contributed by atoms with Gasteiger partial charge in [0, 0.05) is 113 Å². The highest BCUT2D eigenvalue weighted by molar-refractivity contribution is 7.98. The van der Waals surface area contributed by atoms with Crippen LogP contribution in [0.5, 0.6) is 0 Å². The van der Waals surface area contributed by atoms with Crippen molar-refractivity contribution in [3.63, 3.8) is 0 Å². The standard InChI is InChI=1S/C68H105N19O18S/c1-40(2)27-51(66(103)78-49(61(70)98)15-26-106-6)80-67(104)53(29-45-31-71-39-74-45)77-55(90)32-73-68(105)60(41(3)4)82-62(99)42(5)75-65(102)52(28-44-30-72-48-10-8-7-9-47(44)48)81-64(101)50(11-12-54(69)89)79-63(100)43-13-16-83(17-14-43)33-46(38-88)76-56(91)34-84-18-20-85(35-57(92)93)22-24-87(37-59(96)97)25-23-86(21-19-84)36-58(94)95/h7-10,30-31,38-43,46,49-53,60,72H,11-29,32-37H2,1-6H3,(H2,69,89)(H2,70,98)(H,71,74)(H,73,105)(H,75,102)(H,76,91)(H,77,90)(H,78,103)(H,79,100)(H,80,104)(H,81,101)(H,82,99)(H,92,93)(H,94,95)(H,96,97). The molecule has 8 atom stereocenters. The molecule has 2 saturated heterocycles. The second kappa shape index (κ2) is 44.4. The molecule has 2 aliphatic rings. The fourth-order valence-corrected chi connectivity index (χ4v) is 12.6. The van der Waals surface area contributed by atoms with Crippen LogP contribution in [0.15, 0.2) is 43.0 Å². The van der Waals surface area contributed by atoms with Crippen molar-refractivity contribution in [3.05, 3.63) is 54.2 Å². The molecule has 0 radical (unpaired) electrons. The van der Waals surface area contributed by atoms with Crippen LogP contribution < -0.4 is 59.3 Å². The number of imidazole rings is 1. The van der Waals surface area contributed by atoms with E-state index in [2.05, 4.69) is 62.8 Å². The van der Waals surface area contributed by atoms with Crippen LogP contribution in [0.1, 0.15) is 84.4 Å². The fraction of sp³-hybridized carbons (Fsp3) is 0.618. The van der Waals surface area contributed by atoms with E-state index in [9.17, 15) is 87.2 Å². The second-order valence-corrected chi connectivity index (χ2v) is 28.4. The highest BCUT2D eigenvalue weighted by atomic mass is 32.2. The van der Waals surface area contributed by atoms with Gasteiger partial charge >= 0.3 is 17.9 Å². The zero-order valence-corrected chi connectivity index (χ0v) is 61.7. The van der Waals surface area contributed by atoms with Gasteiger partial charge in [0.15, 0.2) is 0 Å². The molecule has 0 spiro atoms. The molecule has 18 N–H and O–H groups in total. The van der Waals surface area contributed by atoms with E-state index in [4.69, 9.17) is 11.5 Å². The summed E-state index contributed by atoms with van der Waals surface area (Å²) in [5.74, 6) is -12.5. The van der Waals surface area contributed by atoms with Crippen molar-refractivity contribution in [3.8, 4) is 0 Å². The summed E-state index contributed by atoms with van der Waals surface area (Å²) in [6.07, 6.45) is 6.82. The highest BCUT2D eigenvalue weighted by Crippen LogP contribution is 2.22. The maximum atomic E-state index is 14.5. The van der Waals surface area contributed by atoms with Crippen molar-refractivity contribution >= 4 is 112 Å². The van der Waals surface area contributed by atoms with Crippen LogP contribution >= 0.6 is 11.8 Å². The van der Waals surface area contributed by atoms with Gasteiger partial charge < -0.3 is 94.3 Å². The van der Waals surface area contributed by atoms with E-state index in [1.807, 2.05) is 25.0 Å². The Labute approximate surface area is 618 Å². The Morgan fingerprint density at radius 2 is 1.12 bits per heavy atom. The summed E-state index contributed by atoms with van der Waals surface area (Å²) in [5.41, 5.74) is 12.8. The maximum Gasteiger partial charge on any atom is 0.317 e. The van der Waals surface area contributed by atoms with E-state index in [0.29, 0.717) is 34.2 Å². The predicted molar refractivity (Wildman–Crippen MR) is 387 cm³/mol. The number of amides is 11. The monoisotopic (exact) mass is 1510 g/mol. The Kier molecular flexibility index (Phi) is 36.4. The molecule has 38 heteroatoms. The number of hydrogen-bond acceptors (Lipinski definition) is 22. The van der Waals surface area contributed by atoms with Crippen molar-refractivity contribution in [2.75, 3.05) is 117 Å². The number of para-hydroxylation sites is 1. The van der Waals surface area contributed by atoms with Gasteiger partial charge in [-0.1, -0.05) is 45.9 Å². The molecule has 2 aromatic heterocycles. The molecular formula is C68H105N19O18S. The summed E-state index contributed by atoms with van der Waals surface area (Å²) in [6.45, 7) is 8.28. The lowest BCUT2D eigenvalue weighted by Gasteiger charge is -2.34. The number of carbonyl (C=O) groups is 15. The minimum Gasteiger partial charge on any atom is -0.480 e.